The van der Waals surface area contributed by atoms with Gasteiger partial charge in [-0.1, -0.05) is 29.3 Å². The van der Waals surface area contributed by atoms with Gasteiger partial charge in [0.1, 0.15) is 11.5 Å². The maximum Gasteiger partial charge on any atom is 0.146 e. The molecule has 1 N–H and O–H groups in total. The van der Waals surface area contributed by atoms with Crippen LogP contribution in [-0.2, 0) is 0 Å². The molecule has 0 saturated heterocycles. The molecule has 1 atom stereocenters. The van der Waals surface area contributed by atoms with Gasteiger partial charge in [-0.3, -0.25) is 0 Å². The fourth-order valence-electron chi connectivity index (χ4n) is 1.95. The molecular weight excluding hydrogens is 295 g/mol. The van der Waals surface area contributed by atoms with Crippen LogP contribution >= 0.6 is 23.2 Å². The van der Waals surface area contributed by atoms with Crippen LogP contribution < -0.4 is 4.74 Å². The van der Waals surface area contributed by atoms with Crippen LogP contribution in [0.4, 0.5) is 0 Å². The second-order valence-electron chi connectivity index (χ2n) is 4.84. The largest absolute Gasteiger partial charge is 0.456 e. The Kier molecular flexibility index (Phi) is 4.59. The Morgan fingerprint density at radius 2 is 1.65 bits per heavy atom. The number of hydrogen-bond donors (Lipinski definition) is 1. The van der Waals surface area contributed by atoms with Crippen LogP contribution in [0.2, 0.25) is 10.0 Å². The van der Waals surface area contributed by atoms with Gasteiger partial charge in [-0.25, -0.2) is 0 Å². The third-order valence-corrected chi connectivity index (χ3v) is 3.97. The normalized spacial score (nSPS) is 12.3. The molecule has 2 aromatic carbocycles. The van der Waals surface area contributed by atoms with Gasteiger partial charge in [-0.05, 0) is 61.7 Å². The minimum atomic E-state index is -0.554. The van der Waals surface area contributed by atoms with Crippen LogP contribution in [0.25, 0.3) is 0 Å². The van der Waals surface area contributed by atoms with Crippen molar-refractivity contribution in [3.8, 4) is 11.5 Å². The first kappa shape index (κ1) is 15.2. The predicted molar refractivity (Wildman–Crippen MR) is 83.1 cm³/mol. The van der Waals surface area contributed by atoms with Crippen molar-refractivity contribution in [1.29, 1.82) is 0 Å². The molecule has 20 heavy (non-hydrogen) atoms. The molecule has 0 saturated carbocycles. The van der Waals surface area contributed by atoms with Crippen molar-refractivity contribution in [2.24, 2.45) is 0 Å². The van der Waals surface area contributed by atoms with Gasteiger partial charge in [0.25, 0.3) is 0 Å². The Bertz CT molecular complexity index is 613. The summed E-state index contributed by atoms with van der Waals surface area (Å²) in [5, 5.41) is 10.7. The van der Waals surface area contributed by atoms with Crippen molar-refractivity contribution in [3.63, 3.8) is 0 Å². The second kappa shape index (κ2) is 6.04. The average molecular weight is 311 g/mol. The minimum Gasteiger partial charge on any atom is -0.456 e. The highest BCUT2D eigenvalue weighted by atomic mass is 35.5. The molecule has 2 nitrogen and oxygen atoms in total. The number of aliphatic hydroxyl groups is 1. The molecular formula is C16H16Cl2O2. The van der Waals surface area contributed by atoms with E-state index >= 15 is 0 Å². The first-order valence-electron chi connectivity index (χ1n) is 6.30. The molecule has 0 aliphatic rings. The molecule has 4 heteroatoms. The van der Waals surface area contributed by atoms with Gasteiger partial charge in [0.15, 0.2) is 0 Å². The third kappa shape index (κ3) is 3.26. The Morgan fingerprint density at radius 3 is 2.15 bits per heavy atom. The highest BCUT2D eigenvalue weighted by molar-refractivity contribution is 6.32. The summed E-state index contributed by atoms with van der Waals surface area (Å²) >= 11 is 12.3. The summed E-state index contributed by atoms with van der Waals surface area (Å²) in [6, 6.07) is 8.99. The standard InChI is InChI=1S/C16H16Cl2O2/c1-9-6-13(7-10(2)16(9)18)20-15-5-4-12(11(3)19)8-14(15)17/h4-8,11,19H,1-3H3/t11-/m1/s1. The SMILES string of the molecule is Cc1cc(Oc2ccc([C@@H](C)O)cc2Cl)cc(C)c1Cl. The van der Waals surface area contributed by atoms with E-state index < -0.39 is 6.10 Å². The smallest absolute Gasteiger partial charge is 0.146 e. The number of rotatable bonds is 3. The minimum absolute atomic E-state index is 0.466. The van der Waals surface area contributed by atoms with Crippen molar-refractivity contribution in [2.45, 2.75) is 26.9 Å². The molecule has 106 valence electrons. The lowest BCUT2D eigenvalue weighted by Gasteiger charge is -2.12. The zero-order valence-electron chi connectivity index (χ0n) is 11.6. The number of ether oxygens (including phenoxy) is 1. The molecule has 0 unspecified atom stereocenters. The van der Waals surface area contributed by atoms with Gasteiger partial charge in [0.2, 0.25) is 0 Å². The first-order chi connectivity index (χ1) is 9.38. The molecule has 0 spiro atoms. The first-order valence-corrected chi connectivity index (χ1v) is 7.06. The number of benzene rings is 2. The molecule has 0 aromatic heterocycles. The van der Waals surface area contributed by atoms with E-state index in [1.54, 1.807) is 25.1 Å². The van der Waals surface area contributed by atoms with Crippen LogP contribution in [0.3, 0.4) is 0 Å². The molecule has 0 amide bonds. The third-order valence-electron chi connectivity index (χ3n) is 3.08. The predicted octanol–water partition coefficient (Wildman–Crippen LogP) is 5.46. The number of halogens is 2. The number of aliphatic hydroxyl groups excluding tert-OH is 1. The summed E-state index contributed by atoms with van der Waals surface area (Å²) < 4.78 is 5.79. The van der Waals surface area contributed by atoms with E-state index in [1.807, 2.05) is 26.0 Å². The van der Waals surface area contributed by atoms with E-state index in [-0.39, 0.29) is 0 Å². The van der Waals surface area contributed by atoms with Gasteiger partial charge in [-0.2, -0.15) is 0 Å². The highest BCUT2D eigenvalue weighted by Crippen LogP contribution is 2.34. The quantitative estimate of drug-likeness (QED) is 0.816. The monoisotopic (exact) mass is 310 g/mol. The van der Waals surface area contributed by atoms with Crippen molar-refractivity contribution in [1.82, 2.24) is 0 Å². The maximum absolute atomic E-state index is 9.52. The molecule has 2 aromatic rings. The molecule has 0 fully saturated rings. The zero-order valence-corrected chi connectivity index (χ0v) is 13.1. The summed E-state index contributed by atoms with van der Waals surface area (Å²) in [5.74, 6) is 1.24. The molecule has 0 radical (unpaired) electrons. The van der Waals surface area contributed by atoms with Crippen LogP contribution in [-0.4, -0.2) is 5.11 Å². The van der Waals surface area contributed by atoms with Crippen molar-refractivity contribution < 1.29 is 9.84 Å². The molecule has 0 aliphatic heterocycles. The number of aryl methyl sites for hydroxylation is 2. The lowest BCUT2D eigenvalue weighted by molar-refractivity contribution is 0.199. The van der Waals surface area contributed by atoms with Gasteiger partial charge in [-0.15, -0.1) is 0 Å². The average Bonchev–Trinajstić information content (AvgIpc) is 2.38. The molecule has 2 rings (SSSR count). The Morgan fingerprint density at radius 1 is 1.05 bits per heavy atom. The van der Waals surface area contributed by atoms with E-state index in [1.165, 1.54) is 0 Å². The lowest BCUT2D eigenvalue weighted by atomic mass is 10.1. The summed E-state index contributed by atoms with van der Waals surface area (Å²) in [6.45, 7) is 5.55. The van der Waals surface area contributed by atoms with Crippen molar-refractivity contribution in [2.75, 3.05) is 0 Å². The maximum atomic E-state index is 9.52. The van der Waals surface area contributed by atoms with E-state index in [9.17, 15) is 5.11 Å². The molecule has 0 bridgehead atoms. The Labute approximate surface area is 128 Å². The van der Waals surface area contributed by atoms with Crippen LogP contribution in [0.1, 0.15) is 29.7 Å². The van der Waals surface area contributed by atoms with Crippen LogP contribution in [0.15, 0.2) is 30.3 Å². The second-order valence-corrected chi connectivity index (χ2v) is 5.62. The summed E-state index contributed by atoms with van der Waals surface area (Å²) in [6.07, 6.45) is -0.554. The van der Waals surface area contributed by atoms with Gasteiger partial charge < -0.3 is 9.84 Å². The Hall–Kier alpha value is -1.22. The summed E-state index contributed by atoms with van der Waals surface area (Å²) in [7, 11) is 0. The molecule has 0 aliphatic carbocycles. The molecule has 0 heterocycles. The van der Waals surface area contributed by atoms with Crippen LogP contribution in [0, 0.1) is 13.8 Å². The van der Waals surface area contributed by atoms with Crippen molar-refractivity contribution in [3.05, 3.63) is 57.1 Å². The number of hydrogen-bond acceptors (Lipinski definition) is 2. The highest BCUT2D eigenvalue weighted by Gasteiger charge is 2.09. The van der Waals surface area contributed by atoms with Gasteiger partial charge in [0.05, 0.1) is 11.1 Å². The Balaban J connectivity index is 2.31. The summed E-state index contributed by atoms with van der Waals surface area (Å²) in [5.41, 5.74) is 2.67. The van der Waals surface area contributed by atoms with Crippen LogP contribution in [0.5, 0.6) is 11.5 Å². The zero-order chi connectivity index (χ0) is 14.9. The topological polar surface area (TPSA) is 29.5 Å². The van der Waals surface area contributed by atoms with E-state index in [2.05, 4.69) is 0 Å². The van der Waals surface area contributed by atoms with Gasteiger partial charge >= 0.3 is 0 Å². The van der Waals surface area contributed by atoms with E-state index in [0.717, 1.165) is 21.7 Å². The van der Waals surface area contributed by atoms with Gasteiger partial charge in [0, 0.05) is 5.02 Å². The van der Waals surface area contributed by atoms with Crippen molar-refractivity contribution >= 4 is 23.2 Å². The fraction of sp³-hybridized carbons (Fsp3) is 0.250. The lowest BCUT2D eigenvalue weighted by Crippen LogP contribution is -1.93. The van der Waals surface area contributed by atoms with E-state index in [0.29, 0.717) is 16.5 Å². The van der Waals surface area contributed by atoms with E-state index in [4.69, 9.17) is 27.9 Å². The summed E-state index contributed by atoms with van der Waals surface area (Å²) in [4.78, 5) is 0. The fourth-order valence-corrected chi connectivity index (χ4v) is 2.29.